The predicted octanol–water partition coefficient (Wildman–Crippen LogP) is 4.95. The number of methoxy groups -OCH3 is 1. The number of ether oxygens (including phenoxy) is 1. The average Bonchev–Trinajstić information content (AvgIpc) is 3.51. The van der Waals surface area contributed by atoms with Crippen LogP contribution < -0.4 is 10.6 Å². The van der Waals surface area contributed by atoms with E-state index in [1.165, 1.54) is 18.6 Å². The molecule has 1 unspecified atom stereocenters. The number of pyridine rings is 2. The first kappa shape index (κ1) is 23.9. The Kier molecular flexibility index (Phi) is 6.21. The highest BCUT2D eigenvalue weighted by Gasteiger charge is 2.46. The minimum atomic E-state index is -4.75. The molecule has 1 saturated carbocycles. The van der Waals surface area contributed by atoms with E-state index in [4.69, 9.17) is 16.3 Å². The molecule has 1 atom stereocenters. The van der Waals surface area contributed by atoms with E-state index in [0.717, 1.165) is 29.9 Å². The Morgan fingerprint density at radius 3 is 2.44 bits per heavy atom. The molecule has 0 radical (unpaired) electrons. The summed E-state index contributed by atoms with van der Waals surface area (Å²) in [6.07, 6.45) is 2.12. The number of halogens is 4. The maximum Gasteiger partial charge on any atom is 0.420 e. The van der Waals surface area contributed by atoms with Gasteiger partial charge in [0.2, 0.25) is 0 Å². The molecule has 34 heavy (non-hydrogen) atoms. The molecule has 2 amide bonds. The first-order valence-electron chi connectivity index (χ1n) is 10.3. The Morgan fingerprint density at radius 2 is 1.85 bits per heavy atom. The van der Waals surface area contributed by atoms with Crippen LogP contribution in [0.4, 0.5) is 29.3 Å². The van der Waals surface area contributed by atoms with E-state index in [9.17, 15) is 18.0 Å². The lowest BCUT2D eigenvalue weighted by Crippen LogP contribution is -2.31. The lowest BCUT2D eigenvalue weighted by molar-refractivity contribution is -0.137. The van der Waals surface area contributed by atoms with E-state index < -0.39 is 29.2 Å². The first-order chi connectivity index (χ1) is 16.0. The lowest BCUT2D eigenvalue weighted by Gasteiger charge is -2.32. The smallest absolute Gasteiger partial charge is 0.373 e. The maximum atomic E-state index is 13.6. The number of nitrogens with zero attached hydrogens (tertiary/aromatic N) is 5. The van der Waals surface area contributed by atoms with E-state index in [1.807, 2.05) is 6.92 Å². The largest absolute Gasteiger partial charge is 0.420 e. The zero-order valence-corrected chi connectivity index (χ0v) is 19.2. The van der Waals surface area contributed by atoms with Crippen molar-refractivity contribution >= 4 is 29.0 Å². The third-order valence-electron chi connectivity index (χ3n) is 5.76. The second-order valence-corrected chi connectivity index (χ2v) is 8.40. The van der Waals surface area contributed by atoms with Crippen molar-refractivity contribution in [3.05, 3.63) is 52.7 Å². The van der Waals surface area contributed by atoms with Gasteiger partial charge in [-0.25, -0.2) is 9.78 Å². The number of amides is 2. The second kappa shape index (κ2) is 8.84. The van der Waals surface area contributed by atoms with E-state index >= 15 is 0 Å². The van der Waals surface area contributed by atoms with Crippen LogP contribution in [-0.4, -0.2) is 38.1 Å². The number of anilines is 2. The molecule has 4 rings (SSSR count). The number of nitrogens with one attached hydrogen (secondary N) is 2. The van der Waals surface area contributed by atoms with Crippen LogP contribution in [0.1, 0.15) is 36.6 Å². The number of hydrogen-bond donors (Lipinski definition) is 2. The Hall–Kier alpha value is -3.25. The van der Waals surface area contributed by atoms with Gasteiger partial charge in [-0.15, -0.1) is 4.80 Å². The summed E-state index contributed by atoms with van der Waals surface area (Å²) in [6.45, 7) is 3.62. The van der Waals surface area contributed by atoms with Gasteiger partial charge < -0.3 is 15.4 Å². The molecule has 0 saturated heterocycles. The molecule has 3 heterocycles. The molecule has 1 fully saturated rings. The van der Waals surface area contributed by atoms with Gasteiger partial charge in [0.25, 0.3) is 0 Å². The molecule has 13 heteroatoms. The Bertz CT molecular complexity index is 1220. The van der Waals surface area contributed by atoms with Crippen LogP contribution >= 0.6 is 11.6 Å². The standard InChI is InChI=1S/C21H21ClF3N7O2/c1-11-17(22)16(20(2,34-3)12-4-5-12)15(10-26-11)31-19(33)30-13-8-14(21(23,24)25)18(27-9-13)32-28-6-7-29-32/h6-10,12H,4-5H2,1-3H3,(H2,30,31,33). The molecule has 0 aliphatic heterocycles. The zero-order valence-electron chi connectivity index (χ0n) is 18.4. The number of carbonyl (C=O) groups excluding carboxylic acids is 1. The van der Waals surface area contributed by atoms with Crippen LogP contribution in [0.3, 0.4) is 0 Å². The van der Waals surface area contributed by atoms with Crippen LogP contribution in [0.2, 0.25) is 5.02 Å². The number of alkyl halides is 3. The third kappa shape index (κ3) is 4.55. The van der Waals surface area contributed by atoms with Crippen LogP contribution in [-0.2, 0) is 16.5 Å². The molecule has 180 valence electrons. The predicted molar refractivity (Wildman–Crippen MR) is 118 cm³/mol. The summed E-state index contributed by atoms with van der Waals surface area (Å²) in [4.78, 5) is 21.5. The number of aryl methyl sites for hydroxylation is 1. The monoisotopic (exact) mass is 495 g/mol. The van der Waals surface area contributed by atoms with Gasteiger partial charge in [0.15, 0.2) is 5.82 Å². The zero-order chi connectivity index (χ0) is 24.7. The molecule has 1 aliphatic rings. The highest BCUT2D eigenvalue weighted by Crippen LogP contribution is 2.51. The van der Waals surface area contributed by atoms with Gasteiger partial charge in [-0.2, -0.15) is 23.4 Å². The molecule has 2 N–H and O–H groups in total. The summed E-state index contributed by atoms with van der Waals surface area (Å²) >= 11 is 6.55. The first-order valence-corrected chi connectivity index (χ1v) is 10.6. The molecule has 3 aromatic heterocycles. The Labute approximate surface area is 197 Å². The summed E-state index contributed by atoms with van der Waals surface area (Å²) in [5.74, 6) is -0.303. The highest BCUT2D eigenvalue weighted by molar-refractivity contribution is 6.32. The maximum absolute atomic E-state index is 13.6. The van der Waals surface area contributed by atoms with Crippen molar-refractivity contribution < 1.29 is 22.7 Å². The van der Waals surface area contributed by atoms with Gasteiger partial charge in [-0.1, -0.05) is 11.6 Å². The molecule has 0 spiro atoms. The fourth-order valence-electron chi connectivity index (χ4n) is 3.77. The number of hydrogen-bond acceptors (Lipinski definition) is 6. The molecular weight excluding hydrogens is 475 g/mol. The molecule has 0 bridgehead atoms. The van der Waals surface area contributed by atoms with Crippen molar-refractivity contribution in [3.8, 4) is 5.82 Å². The van der Waals surface area contributed by atoms with E-state index in [1.54, 1.807) is 14.0 Å². The van der Waals surface area contributed by atoms with Crippen molar-refractivity contribution in [2.75, 3.05) is 17.7 Å². The third-order valence-corrected chi connectivity index (χ3v) is 6.22. The van der Waals surface area contributed by atoms with Crippen molar-refractivity contribution in [2.45, 2.75) is 38.5 Å². The highest BCUT2D eigenvalue weighted by atomic mass is 35.5. The molecule has 0 aromatic carbocycles. The van der Waals surface area contributed by atoms with E-state index in [-0.39, 0.29) is 11.6 Å². The van der Waals surface area contributed by atoms with Crippen LogP contribution in [0.5, 0.6) is 0 Å². The van der Waals surface area contributed by atoms with Gasteiger partial charge in [0.05, 0.1) is 52.5 Å². The molecule has 9 nitrogen and oxygen atoms in total. The Morgan fingerprint density at radius 1 is 1.18 bits per heavy atom. The van der Waals surface area contributed by atoms with E-state index in [0.29, 0.717) is 22.0 Å². The van der Waals surface area contributed by atoms with Crippen LogP contribution in [0, 0.1) is 12.8 Å². The minimum Gasteiger partial charge on any atom is -0.373 e. The second-order valence-electron chi connectivity index (χ2n) is 8.02. The van der Waals surface area contributed by atoms with Crippen molar-refractivity contribution in [1.82, 2.24) is 25.0 Å². The van der Waals surface area contributed by atoms with Crippen LogP contribution in [0.15, 0.2) is 30.9 Å². The fraction of sp³-hybridized carbons (Fsp3) is 0.381. The van der Waals surface area contributed by atoms with Gasteiger partial charge in [-0.05, 0) is 38.7 Å². The quantitative estimate of drug-likeness (QED) is 0.501. The molecular formula is C21H21ClF3N7O2. The summed E-state index contributed by atoms with van der Waals surface area (Å²) in [6, 6.07) is -0.0344. The van der Waals surface area contributed by atoms with Crippen molar-refractivity contribution in [2.24, 2.45) is 5.92 Å². The van der Waals surface area contributed by atoms with Gasteiger partial charge in [-0.3, -0.25) is 4.98 Å². The summed E-state index contributed by atoms with van der Waals surface area (Å²) < 4.78 is 46.6. The average molecular weight is 496 g/mol. The Balaban J connectivity index is 1.62. The lowest BCUT2D eigenvalue weighted by atomic mass is 9.89. The van der Waals surface area contributed by atoms with Gasteiger partial charge in [0, 0.05) is 12.7 Å². The number of urea groups is 1. The SMILES string of the molecule is COC(C)(c1c(NC(=O)Nc2cnc(-n3nccn3)c(C(F)(F)F)c2)cnc(C)c1Cl)C1CC1. The topological polar surface area (TPSA) is 107 Å². The summed E-state index contributed by atoms with van der Waals surface area (Å²) in [5.41, 5.74) is -0.625. The number of carbonyl (C=O) groups is 1. The van der Waals surface area contributed by atoms with E-state index in [2.05, 4.69) is 30.8 Å². The normalized spacial score (nSPS) is 15.6. The summed E-state index contributed by atoms with van der Waals surface area (Å²) in [5, 5.41) is 12.8. The van der Waals surface area contributed by atoms with Crippen LogP contribution in [0.25, 0.3) is 5.82 Å². The number of rotatable bonds is 6. The van der Waals surface area contributed by atoms with Crippen molar-refractivity contribution in [1.29, 1.82) is 0 Å². The summed E-state index contributed by atoms with van der Waals surface area (Å²) in [7, 11) is 1.56. The van der Waals surface area contributed by atoms with Gasteiger partial charge in [0.1, 0.15) is 5.56 Å². The molecule has 1 aliphatic carbocycles. The van der Waals surface area contributed by atoms with Crippen molar-refractivity contribution in [3.63, 3.8) is 0 Å². The molecule has 3 aromatic rings. The fourth-order valence-corrected chi connectivity index (χ4v) is 4.11. The number of aromatic nitrogens is 5. The van der Waals surface area contributed by atoms with Gasteiger partial charge >= 0.3 is 12.2 Å². The minimum absolute atomic E-state index is 0.176.